The Morgan fingerprint density at radius 2 is 1.65 bits per heavy atom. The number of nitrogens with zero attached hydrogens (tertiary/aromatic N) is 1. The smallest absolute Gasteiger partial charge is 0.214 e. The van der Waals surface area contributed by atoms with Crippen molar-refractivity contribution in [1.82, 2.24) is 4.31 Å². The summed E-state index contributed by atoms with van der Waals surface area (Å²) >= 11 is 0. The second-order valence-electron chi connectivity index (χ2n) is 4.75. The van der Waals surface area contributed by atoms with Gasteiger partial charge in [0, 0.05) is 19.3 Å². The molecule has 1 aliphatic rings. The van der Waals surface area contributed by atoms with Crippen LogP contribution in [0, 0.1) is 5.92 Å². The molecule has 1 rings (SSSR count). The highest BCUT2D eigenvalue weighted by Crippen LogP contribution is 2.21. The SMILES string of the molecule is CCCS(=O)(=O)N1CCC(CS(C)(=O)=O)CC1. The van der Waals surface area contributed by atoms with Gasteiger partial charge in [0.25, 0.3) is 0 Å². The summed E-state index contributed by atoms with van der Waals surface area (Å²) < 4.78 is 47.4. The Bertz CT molecular complexity index is 433. The van der Waals surface area contributed by atoms with Gasteiger partial charge >= 0.3 is 0 Å². The molecule has 102 valence electrons. The summed E-state index contributed by atoms with van der Waals surface area (Å²) in [4.78, 5) is 0. The molecule has 0 unspecified atom stereocenters. The fourth-order valence-corrected chi connectivity index (χ4v) is 4.90. The second-order valence-corrected chi connectivity index (χ2v) is 9.02. The maximum Gasteiger partial charge on any atom is 0.214 e. The molecule has 0 radical (unpaired) electrons. The molecule has 0 aromatic rings. The number of sulfonamides is 1. The van der Waals surface area contributed by atoms with Crippen LogP contribution in [0.25, 0.3) is 0 Å². The number of rotatable bonds is 5. The van der Waals surface area contributed by atoms with Crippen molar-refractivity contribution in [1.29, 1.82) is 0 Å². The molecule has 0 N–H and O–H groups in total. The van der Waals surface area contributed by atoms with Gasteiger partial charge in [-0.25, -0.2) is 21.1 Å². The first-order chi connectivity index (χ1) is 7.74. The third-order valence-electron chi connectivity index (χ3n) is 2.97. The van der Waals surface area contributed by atoms with Crippen molar-refractivity contribution < 1.29 is 16.8 Å². The number of sulfone groups is 1. The fraction of sp³-hybridized carbons (Fsp3) is 1.00. The van der Waals surface area contributed by atoms with Crippen LogP contribution in [0.15, 0.2) is 0 Å². The van der Waals surface area contributed by atoms with Crippen LogP contribution in [0.1, 0.15) is 26.2 Å². The summed E-state index contributed by atoms with van der Waals surface area (Å²) in [6.07, 6.45) is 3.14. The topological polar surface area (TPSA) is 71.5 Å². The van der Waals surface area contributed by atoms with Crippen molar-refractivity contribution in [2.24, 2.45) is 5.92 Å². The van der Waals surface area contributed by atoms with Crippen LogP contribution < -0.4 is 0 Å². The summed E-state index contributed by atoms with van der Waals surface area (Å²) in [6, 6.07) is 0. The Hall–Kier alpha value is -0.140. The predicted octanol–water partition coefficient (Wildman–Crippen LogP) is 0.483. The number of piperidine rings is 1. The molecule has 5 nitrogen and oxygen atoms in total. The highest BCUT2D eigenvalue weighted by atomic mass is 32.2. The summed E-state index contributed by atoms with van der Waals surface area (Å²) in [5, 5.41) is 0. The lowest BCUT2D eigenvalue weighted by Gasteiger charge is -2.30. The molecule has 1 aliphatic heterocycles. The molecule has 0 bridgehead atoms. The summed E-state index contributed by atoms with van der Waals surface area (Å²) in [7, 11) is -6.07. The van der Waals surface area contributed by atoms with Crippen molar-refractivity contribution in [2.45, 2.75) is 26.2 Å². The van der Waals surface area contributed by atoms with E-state index in [0.29, 0.717) is 32.4 Å². The first-order valence-corrected chi connectivity index (χ1v) is 9.57. The van der Waals surface area contributed by atoms with Gasteiger partial charge in [0.1, 0.15) is 9.84 Å². The monoisotopic (exact) mass is 283 g/mol. The average molecular weight is 283 g/mol. The van der Waals surface area contributed by atoms with Gasteiger partial charge in [-0.05, 0) is 25.2 Å². The first-order valence-electron chi connectivity index (χ1n) is 5.90. The minimum absolute atomic E-state index is 0.109. The highest BCUT2D eigenvalue weighted by Gasteiger charge is 2.28. The fourth-order valence-electron chi connectivity index (χ4n) is 2.17. The van der Waals surface area contributed by atoms with Gasteiger partial charge in [-0.1, -0.05) is 6.92 Å². The van der Waals surface area contributed by atoms with Gasteiger partial charge < -0.3 is 0 Å². The van der Waals surface area contributed by atoms with Gasteiger partial charge in [-0.2, -0.15) is 0 Å². The number of hydrogen-bond donors (Lipinski definition) is 0. The normalized spacial score (nSPS) is 20.6. The van der Waals surface area contributed by atoms with E-state index in [4.69, 9.17) is 0 Å². The van der Waals surface area contributed by atoms with Crippen LogP contribution in [-0.4, -0.2) is 52.0 Å². The minimum Gasteiger partial charge on any atom is -0.229 e. The van der Waals surface area contributed by atoms with E-state index in [0.717, 1.165) is 0 Å². The molecule has 7 heteroatoms. The molecular formula is C10H21NO4S2. The molecular weight excluding hydrogens is 262 g/mol. The van der Waals surface area contributed by atoms with Crippen LogP contribution in [0.5, 0.6) is 0 Å². The Labute approximate surface area is 104 Å². The molecule has 1 heterocycles. The third kappa shape index (κ3) is 4.93. The van der Waals surface area contributed by atoms with Crippen molar-refractivity contribution in [3.8, 4) is 0 Å². The van der Waals surface area contributed by atoms with Gasteiger partial charge in [0.2, 0.25) is 10.0 Å². The summed E-state index contributed by atoms with van der Waals surface area (Å²) in [5.41, 5.74) is 0. The van der Waals surface area contributed by atoms with Gasteiger partial charge in [0.05, 0.1) is 11.5 Å². The van der Waals surface area contributed by atoms with E-state index in [1.165, 1.54) is 10.6 Å². The quantitative estimate of drug-likeness (QED) is 0.736. The van der Waals surface area contributed by atoms with E-state index < -0.39 is 19.9 Å². The molecule has 0 saturated carbocycles. The Balaban J connectivity index is 2.52. The van der Waals surface area contributed by atoms with Crippen LogP contribution in [-0.2, 0) is 19.9 Å². The molecule has 0 atom stereocenters. The van der Waals surface area contributed by atoms with E-state index in [1.54, 1.807) is 0 Å². The van der Waals surface area contributed by atoms with Crippen molar-refractivity contribution in [2.75, 3.05) is 30.9 Å². The molecule has 0 aliphatic carbocycles. The largest absolute Gasteiger partial charge is 0.229 e. The third-order valence-corrected chi connectivity index (χ3v) is 6.12. The Morgan fingerprint density at radius 1 is 1.12 bits per heavy atom. The van der Waals surface area contributed by atoms with Gasteiger partial charge in [-0.15, -0.1) is 0 Å². The van der Waals surface area contributed by atoms with E-state index in [2.05, 4.69) is 0 Å². The lowest BCUT2D eigenvalue weighted by Crippen LogP contribution is -2.40. The first kappa shape index (κ1) is 14.9. The second kappa shape index (κ2) is 5.67. The minimum atomic E-state index is -3.12. The maximum atomic E-state index is 11.8. The highest BCUT2D eigenvalue weighted by molar-refractivity contribution is 7.90. The van der Waals surface area contributed by atoms with E-state index in [-0.39, 0.29) is 17.4 Å². The summed E-state index contributed by atoms with van der Waals surface area (Å²) in [5.74, 6) is 0.469. The van der Waals surface area contributed by atoms with Crippen LogP contribution in [0.2, 0.25) is 0 Å². The molecule has 0 spiro atoms. The van der Waals surface area contributed by atoms with E-state index in [9.17, 15) is 16.8 Å². The standard InChI is InChI=1S/C10H21NO4S2/c1-3-8-17(14,15)11-6-4-10(5-7-11)9-16(2,12)13/h10H,3-9H2,1-2H3. The van der Waals surface area contributed by atoms with Gasteiger partial charge in [-0.3, -0.25) is 0 Å². The van der Waals surface area contributed by atoms with Gasteiger partial charge in [0.15, 0.2) is 0 Å². The molecule has 1 fully saturated rings. The molecule has 1 saturated heterocycles. The molecule has 0 aromatic carbocycles. The molecule has 0 amide bonds. The zero-order valence-electron chi connectivity index (χ0n) is 10.4. The maximum absolute atomic E-state index is 11.8. The summed E-state index contributed by atoms with van der Waals surface area (Å²) in [6.45, 7) is 2.76. The Kier molecular flexibility index (Phi) is 4.97. The van der Waals surface area contributed by atoms with Crippen LogP contribution in [0.3, 0.4) is 0 Å². The van der Waals surface area contributed by atoms with E-state index in [1.807, 2.05) is 6.92 Å². The zero-order valence-corrected chi connectivity index (χ0v) is 12.1. The van der Waals surface area contributed by atoms with Crippen molar-refractivity contribution in [3.63, 3.8) is 0 Å². The molecule has 17 heavy (non-hydrogen) atoms. The zero-order chi connectivity index (χ0) is 13.1. The predicted molar refractivity (Wildman–Crippen MR) is 68.1 cm³/mol. The number of hydrogen-bond acceptors (Lipinski definition) is 4. The van der Waals surface area contributed by atoms with E-state index >= 15 is 0 Å². The lowest BCUT2D eigenvalue weighted by atomic mass is 10.0. The van der Waals surface area contributed by atoms with Crippen molar-refractivity contribution >= 4 is 19.9 Å². The average Bonchev–Trinajstić information content (AvgIpc) is 2.15. The Morgan fingerprint density at radius 3 is 2.06 bits per heavy atom. The van der Waals surface area contributed by atoms with Crippen LogP contribution >= 0.6 is 0 Å². The van der Waals surface area contributed by atoms with Crippen molar-refractivity contribution in [3.05, 3.63) is 0 Å². The van der Waals surface area contributed by atoms with Crippen LogP contribution in [0.4, 0.5) is 0 Å². The molecule has 0 aromatic heterocycles. The lowest BCUT2D eigenvalue weighted by molar-refractivity contribution is 0.289.